The minimum absolute atomic E-state index is 0.597. The van der Waals surface area contributed by atoms with Gasteiger partial charge in [0.05, 0.1) is 5.52 Å². The first-order valence-electron chi connectivity index (χ1n) is 3.81. The molecule has 13 heavy (non-hydrogen) atoms. The third-order valence-corrected chi connectivity index (χ3v) is 2.52. The van der Waals surface area contributed by atoms with Crippen LogP contribution in [0.4, 0.5) is 0 Å². The third kappa shape index (κ3) is 1.47. The number of aromatic nitrogens is 1. The summed E-state index contributed by atoms with van der Waals surface area (Å²) in [5, 5.41) is 0.965. The van der Waals surface area contributed by atoms with E-state index in [1.807, 2.05) is 24.3 Å². The summed E-state index contributed by atoms with van der Waals surface area (Å²) in [6.45, 7) is 0. The van der Waals surface area contributed by atoms with Gasteiger partial charge < -0.3 is 0 Å². The molecule has 0 saturated carbocycles. The Kier molecular flexibility index (Phi) is 2.10. The zero-order chi connectivity index (χ0) is 9.26. The van der Waals surface area contributed by atoms with E-state index in [9.17, 15) is 4.79 Å². The molecule has 2 nitrogen and oxygen atoms in total. The van der Waals surface area contributed by atoms with Crippen LogP contribution in [0.15, 0.2) is 34.9 Å². The van der Waals surface area contributed by atoms with Crippen molar-refractivity contribution < 1.29 is 4.79 Å². The molecule has 0 saturated heterocycles. The van der Waals surface area contributed by atoms with Crippen LogP contribution in [0.3, 0.4) is 0 Å². The minimum atomic E-state index is 0.597. The number of hydrogen-bond acceptors (Lipinski definition) is 2. The van der Waals surface area contributed by atoms with Crippen molar-refractivity contribution in [3.8, 4) is 0 Å². The van der Waals surface area contributed by atoms with E-state index in [-0.39, 0.29) is 0 Å². The molecular weight excluding hydrogens is 230 g/mol. The third-order valence-electron chi connectivity index (χ3n) is 1.83. The Hall–Kier alpha value is -1.22. The van der Waals surface area contributed by atoms with Gasteiger partial charge in [-0.2, -0.15) is 0 Å². The van der Waals surface area contributed by atoms with Crippen LogP contribution in [-0.4, -0.2) is 11.3 Å². The van der Waals surface area contributed by atoms with Crippen molar-refractivity contribution in [2.75, 3.05) is 0 Å². The number of benzene rings is 1. The van der Waals surface area contributed by atoms with Crippen molar-refractivity contribution >= 4 is 33.1 Å². The van der Waals surface area contributed by atoms with Gasteiger partial charge in [-0.3, -0.25) is 9.78 Å². The number of carbonyl (C=O) groups excluding carboxylic acids is 1. The molecule has 0 bridgehead atoms. The molecule has 0 unspecified atom stereocenters. The minimum Gasteiger partial charge on any atom is -0.298 e. The molecule has 64 valence electrons. The molecule has 0 amide bonds. The fourth-order valence-corrected chi connectivity index (χ4v) is 1.66. The van der Waals surface area contributed by atoms with Crippen molar-refractivity contribution in [1.82, 2.24) is 4.98 Å². The Morgan fingerprint density at radius 2 is 2.23 bits per heavy atom. The van der Waals surface area contributed by atoms with Crippen LogP contribution < -0.4 is 0 Å². The van der Waals surface area contributed by atoms with Crippen LogP contribution in [0.5, 0.6) is 0 Å². The molecular formula is C10H6BrNO. The van der Waals surface area contributed by atoms with Gasteiger partial charge in [0.2, 0.25) is 0 Å². The summed E-state index contributed by atoms with van der Waals surface area (Å²) in [5.74, 6) is 0. The first-order chi connectivity index (χ1) is 6.31. The summed E-state index contributed by atoms with van der Waals surface area (Å²) < 4.78 is 0.959. The summed E-state index contributed by atoms with van der Waals surface area (Å²) in [5.41, 5.74) is 1.49. The highest BCUT2D eigenvalue weighted by atomic mass is 79.9. The SMILES string of the molecule is O=Cc1cnc2cccc(Br)c2c1. The summed E-state index contributed by atoms with van der Waals surface area (Å²) in [4.78, 5) is 14.7. The molecule has 2 aromatic rings. The van der Waals surface area contributed by atoms with Gasteiger partial charge in [-0.25, -0.2) is 0 Å². The van der Waals surface area contributed by atoms with Gasteiger partial charge in [0.15, 0.2) is 6.29 Å². The number of pyridine rings is 1. The molecule has 0 aliphatic carbocycles. The second kappa shape index (κ2) is 3.26. The highest BCUT2D eigenvalue weighted by Crippen LogP contribution is 2.22. The predicted octanol–water partition coefficient (Wildman–Crippen LogP) is 2.81. The van der Waals surface area contributed by atoms with Crippen molar-refractivity contribution in [1.29, 1.82) is 0 Å². The van der Waals surface area contributed by atoms with Crippen LogP contribution >= 0.6 is 15.9 Å². The molecule has 1 heterocycles. The van der Waals surface area contributed by atoms with E-state index in [0.29, 0.717) is 5.56 Å². The lowest BCUT2D eigenvalue weighted by atomic mass is 10.2. The van der Waals surface area contributed by atoms with E-state index in [1.54, 1.807) is 6.20 Å². The molecule has 0 N–H and O–H groups in total. The maximum absolute atomic E-state index is 10.5. The Balaban J connectivity index is 2.81. The fourth-order valence-electron chi connectivity index (χ4n) is 1.19. The van der Waals surface area contributed by atoms with Gasteiger partial charge in [0, 0.05) is 21.6 Å². The van der Waals surface area contributed by atoms with E-state index in [1.165, 1.54) is 0 Å². The number of rotatable bonds is 1. The summed E-state index contributed by atoms with van der Waals surface area (Å²) in [6.07, 6.45) is 2.37. The van der Waals surface area contributed by atoms with Crippen molar-refractivity contribution in [3.63, 3.8) is 0 Å². The van der Waals surface area contributed by atoms with E-state index >= 15 is 0 Å². The number of nitrogens with zero attached hydrogens (tertiary/aromatic N) is 1. The van der Waals surface area contributed by atoms with Crippen LogP contribution in [0, 0.1) is 0 Å². The van der Waals surface area contributed by atoms with Gasteiger partial charge in [-0.05, 0) is 18.2 Å². The maximum atomic E-state index is 10.5. The zero-order valence-electron chi connectivity index (χ0n) is 6.70. The second-order valence-electron chi connectivity index (χ2n) is 2.69. The van der Waals surface area contributed by atoms with Gasteiger partial charge >= 0.3 is 0 Å². The molecule has 2 rings (SSSR count). The Morgan fingerprint density at radius 3 is 3.00 bits per heavy atom. The number of aldehydes is 1. The van der Waals surface area contributed by atoms with Gasteiger partial charge in [0.1, 0.15) is 0 Å². The molecule has 0 aliphatic rings. The first-order valence-corrected chi connectivity index (χ1v) is 4.60. The average molecular weight is 236 g/mol. The van der Waals surface area contributed by atoms with Crippen molar-refractivity contribution in [3.05, 3.63) is 40.5 Å². The van der Waals surface area contributed by atoms with Gasteiger partial charge in [0.25, 0.3) is 0 Å². The topological polar surface area (TPSA) is 30.0 Å². The van der Waals surface area contributed by atoms with Crippen LogP contribution in [0.2, 0.25) is 0 Å². The first kappa shape index (κ1) is 8.38. The number of fused-ring (bicyclic) bond motifs is 1. The summed E-state index contributed by atoms with van der Waals surface area (Å²) in [6, 6.07) is 7.58. The number of halogens is 1. The standard InChI is InChI=1S/C10H6BrNO/c11-9-2-1-3-10-8(9)4-7(6-13)5-12-10/h1-6H. The number of carbonyl (C=O) groups is 1. The molecule has 1 aromatic heterocycles. The van der Waals surface area contributed by atoms with E-state index in [2.05, 4.69) is 20.9 Å². The quantitative estimate of drug-likeness (QED) is 0.712. The molecule has 0 radical (unpaired) electrons. The lowest BCUT2D eigenvalue weighted by Gasteiger charge is -1.99. The molecule has 1 aromatic carbocycles. The van der Waals surface area contributed by atoms with Crippen molar-refractivity contribution in [2.45, 2.75) is 0 Å². The van der Waals surface area contributed by atoms with Crippen molar-refractivity contribution in [2.24, 2.45) is 0 Å². The normalized spacial score (nSPS) is 10.2. The Labute approximate surface area is 83.7 Å². The zero-order valence-corrected chi connectivity index (χ0v) is 8.28. The summed E-state index contributed by atoms with van der Waals surface area (Å²) >= 11 is 3.40. The van der Waals surface area contributed by atoms with Crippen LogP contribution in [0.25, 0.3) is 10.9 Å². The predicted molar refractivity (Wildman–Crippen MR) is 54.8 cm³/mol. The highest BCUT2D eigenvalue weighted by molar-refractivity contribution is 9.10. The smallest absolute Gasteiger partial charge is 0.151 e. The maximum Gasteiger partial charge on any atom is 0.151 e. The van der Waals surface area contributed by atoms with Crippen LogP contribution in [0.1, 0.15) is 10.4 Å². The van der Waals surface area contributed by atoms with Gasteiger partial charge in [-0.1, -0.05) is 22.0 Å². The Morgan fingerprint density at radius 1 is 1.38 bits per heavy atom. The monoisotopic (exact) mass is 235 g/mol. The average Bonchev–Trinajstić information content (AvgIpc) is 2.18. The number of hydrogen-bond donors (Lipinski definition) is 0. The molecule has 0 atom stereocenters. The molecule has 0 aliphatic heterocycles. The molecule has 0 spiro atoms. The lowest BCUT2D eigenvalue weighted by molar-refractivity contribution is 0.112. The Bertz CT molecular complexity index is 467. The van der Waals surface area contributed by atoms with E-state index < -0.39 is 0 Å². The van der Waals surface area contributed by atoms with E-state index in [4.69, 9.17) is 0 Å². The van der Waals surface area contributed by atoms with E-state index in [0.717, 1.165) is 21.7 Å². The van der Waals surface area contributed by atoms with Crippen LogP contribution in [-0.2, 0) is 0 Å². The van der Waals surface area contributed by atoms with Gasteiger partial charge in [-0.15, -0.1) is 0 Å². The largest absolute Gasteiger partial charge is 0.298 e. The fraction of sp³-hybridized carbons (Fsp3) is 0. The second-order valence-corrected chi connectivity index (χ2v) is 3.55. The highest BCUT2D eigenvalue weighted by Gasteiger charge is 1.99. The lowest BCUT2D eigenvalue weighted by Crippen LogP contribution is -1.84. The summed E-state index contributed by atoms with van der Waals surface area (Å²) in [7, 11) is 0. The molecule has 3 heteroatoms. The molecule has 0 fully saturated rings.